The molecular weight excluding hydrogens is 544 g/mol. The van der Waals surface area contributed by atoms with E-state index in [2.05, 4.69) is 21.2 Å². The third-order valence-electron chi connectivity index (χ3n) is 5.54. The van der Waals surface area contributed by atoms with Gasteiger partial charge < -0.3 is 14.8 Å². The summed E-state index contributed by atoms with van der Waals surface area (Å²) in [5, 5.41) is 2.85. The average Bonchev–Trinajstić information content (AvgIpc) is 2.86. The summed E-state index contributed by atoms with van der Waals surface area (Å²) in [4.78, 5) is 12.9. The van der Waals surface area contributed by atoms with Crippen molar-refractivity contribution in [1.82, 2.24) is 5.32 Å². The fourth-order valence-corrected chi connectivity index (χ4v) is 5.80. The lowest BCUT2D eigenvalue weighted by molar-refractivity contribution is -0.119. The molecule has 36 heavy (non-hydrogen) atoms. The Morgan fingerprint density at radius 3 is 2.42 bits per heavy atom. The summed E-state index contributed by atoms with van der Waals surface area (Å²) in [5.41, 5.74) is 2.47. The van der Waals surface area contributed by atoms with Crippen LogP contribution in [0.4, 0.5) is 5.69 Å². The Hall–Kier alpha value is -3.04. The molecule has 3 rings (SSSR count). The molecule has 3 aromatic carbocycles. The third-order valence-corrected chi connectivity index (χ3v) is 7.93. The number of methoxy groups -OCH3 is 1. The Morgan fingerprint density at radius 1 is 1.03 bits per heavy atom. The van der Waals surface area contributed by atoms with Gasteiger partial charge in [0.15, 0.2) is 0 Å². The van der Waals surface area contributed by atoms with Crippen molar-refractivity contribution >= 4 is 37.5 Å². The minimum absolute atomic E-state index is 0.0519. The first-order valence-electron chi connectivity index (χ1n) is 11.7. The van der Waals surface area contributed by atoms with E-state index in [1.54, 1.807) is 18.2 Å². The second-order valence-corrected chi connectivity index (χ2v) is 10.9. The van der Waals surface area contributed by atoms with Gasteiger partial charge in [0.2, 0.25) is 5.91 Å². The lowest BCUT2D eigenvalue weighted by Crippen LogP contribution is -2.41. The minimum Gasteiger partial charge on any atom is -0.496 e. The second kappa shape index (κ2) is 12.8. The normalized spacial score (nSPS) is 11.1. The number of carbonyl (C=O) groups is 1. The van der Waals surface area contributed by atoms with Gasteiger partial charge in [0, 0.05) is 6.54 Å². The van der Waals surface area contributed by atoms with Gasteiger partial charge in [0.1, 0.15) is 18.0 Å². The zero-order chi connectivity index (χ0) is 26.1. The standard InChI is InChI=1S/C27H31BrN2O5S/c1-4-35-25-10-6-5-8-21(25)9-7-17-29-27(31)19-30(22-13-11-20(2)12-14-22)36(32,33)23-15-16-26(34-3)24(28)18-23/h5-6,8,10-16,18H,4,7,9,17,19H2,1-3H3,(H,29,31). The molecule has 0 aliphatic heterocycles. The molecule has 0 aliphatic rings. The van der Waals surface area contributed by atoms with Crippen LogP contribution in [0.15, 0.2) is 76.1 Å². The fourth-order valence-electron chi connectivity index (χ4n) is 3.66. The zero-order valence-corrected chi connectivity index (χ0v) is 23.1. The van der Waals surface area contributed by atoms with Crippen molar-refractivity contribution < 1.29 is 22.7 Å². The van der Waals surface area contributed by atoms with Crippen molar-refractivity contribution in [3.05, 3.63) is 82.3 Å². The van der Waals surface area contributed by atoms with Crippen LogP contribution in [0.1, 0.15) is 24.5 Å². The van der Waals surface area contributed by atoms with Crippen molar-refractivity contribution in [2.45, 2.75) is 31.6 Å². The number of hydrogen-bond acceptors (Lipinski definition) is 5. The van der Waals surface area contributed by atoms with E-state index in [1.807, 2.05) is 50.2 Å². The van der Waals surface area contributed by atoms with E-state index in [-0.39, 0.29) is 17.3 Å². The number of hydrogen-bond donors (Lipinski definition) is 1. The van der Waals surface area contributed by atoms with Crippen molar-refractivity contribution in [3.63, 3.8) is 0 Å². The molecule has 0 heterocycles. The maximum Gasteiger partial charge on any atom is 0.264 e. The zero-order valence-electron chi connectivity index (χ0n) is 20.7. The van der Waals surface area contributed by atoms with Gasteiger partial charge >= 0.3 is 0 Å². The molecule has 0 aliphatic carbocycles. The van der Waals surface area contributed by atoms with E-state index in [9.17, 15) is 13.2 Å². The van der Waals surface area contributed by atoms with Crippen LogP contribution in [0.3, 0.4) is 0 Å². The lowest BCUT2D eigenvalue weighted by atomic mass is 10.1. The number of halogens is 1. The number of rotatable bonds is 12. The summed E-state index contributed by atoms with van der Waals surface area (Å²) in [6.07, 6.45) is 1.43. The van der Waals surface area contributed by atoms with Crippen LogP contribution in [0, 0.1) is 6.92 Å². The Labute approximate surface area is 221 Å². The third kappa shape index (κ3) is 7.01. The number of anilines is 1. The smallest absolute Gasteiger partial charge is 0.264 e. The number of sulfonamides is 1. The van der Waals surface area contributed by atoms with E-state index < -0.39 is 10.0 Å². The van der Waals surface area contributed by atoms with Gasteiger partial charge in [-0.2, -0.15) is 0 Å². The first-order valence-corrected chi connectivity index (χ1v) is 13.9. The molecule has 0 fully saturated rings. The molecule has 0 saturated carbocycles. The summed E-state index contributed by atoms with van der Waals surface area (Å²) in [6.45, 7) is 4.51. The number of para-hydroxylation sites is 1. The number of carbonyl (C=O) groups excluding carboxylic acids is 1. The monoisotopic (exact) mass is 574 g/mol. The van der Waals surface area contributed by atoms with E-state index in [4.69, 9.17) is 9.47 Å². The molecule has 0 unspecified atom stereocenters. The maximum absolute atomic E-state index is 13.6. The highest BCUT2D eigenvalue weighted by atomic mass is 79.9. The highest BCUT2D eigenvalue weighted by Gasteiger charge is 2.28. The molecule has 0 aromatic heterocycles. The first kappa shape index (κ1) is 27.5. The summed E-state index contributed by atoms with van der Waals surface area (Å²) >= 11 is 3.35. The van der Waals surface area contributed by atoms with Crippen LogP contribution in [-0.2, 0) is 21.2 Å². The Balaban J connectivity index is 1.73. The van der Waals surface area contributed by atoms with E-state index in [0.717, 1.165) is 27.6 Å². The number of nitrogens with zero attached hydrogens (tertiary/aromatic N) is 1. The molecule has 7 nitrogen and oxygen atoms in total. The van der Waals surface area contributed by atoms with E-state index >= 15 is 0 Å². The number of nitrogens with one attached hydrogen (secondary N) is 1. The summed E-state index contributed by atoms with van der Waals surface area (Å²) in [7, 11) is -2.52. The van der Waals surface area contributed by atoms with Gasteiger partial charge in [0.25, 0.3) is 10.0 Å². The summed E-state index contributed by atoms with van der Waals surface area (Å²) < 4.78 is 39.7. The van der Waals surface area contributed by atoms with Crippen LogP contribution in [0.5, 0.6) is 11.5 Å². The minimum atomic E-state index is -4.02. The van der Waals surface area contributed by atoms with Gasteiger partial charge in [-0.25, -0.2) is 8.42 Å². The largest absolute Gasteiger partial charge is 0.496 e. The number of amides is 1. The highest BCUT2D eigenvalue weighted by Crippen LogP contribution is 2.30. The molecule has 0 bridgehead atoms. The maximum atomic E-state index is 13.6. The van der Waals surface area contributed by atoms with E-state index in [1.165, 1.54) is 19.2 Å². The second-order valence-electron chi connectivity index (χ2n) is 8.14. The van der Waals surface area contributed by atoms with Crippen LogP contribution >= 0.6 is 15.9 Å². The quantitative estimate of drug-likeness (QED) is 0.304. The molecule has 0 spiro atoms. The van der Waals surface area contributed by atoms with Crippen LogP contribution in [0.25, 0.3) is 0 Å². The van der Waals surface area contributed by atoms with Gasteiger partial charge in [-0.05, 0) is 84.6 Å². The van der Waals surface area contributed by atoms with Gasteiger partial charge in [-0.1, -0.05) is 35.9 Å². The molecule has 9 heteroatoms. The molecule has 192 valence electrons. The number of aryl methyl sites for hydroxylation is 2. The molecule has 0 saturated heterocycles. The molecule has 1 N–H and O–H groups in total. The Morgan fingerprint density at radius 2 is 1.75 bits per heavy atom. The predicted molar refractivity (Wildman–Crippen MR) is 145 cm³/mol. The number of ether oxygens (including phenoxy) is 2. The van der Waals surface area contributed by atoms with Gasteiger partial charge in [0.05, 0.1) is 28.8 Å². The topological polar surface area (TPSA) is 84.9 Å². The predicted octanol–water partition coefficient (Wildman–Crippen LogP) is 5.11. The SMILES string of the molecule is CCOc1ccccc1CCCNC(=O)CN(c1ccc(C)cc1)S(=O)(=O)c1ccc(OC)c(Br)c1. The van der Waals surface area contributed by atoms with Crippen LogP contribution in [-0.4, -0.2) is 41.1 Å². The summed E-state index contributed by atoms with van der Waals surface area (Å²) in [6, 6.07) is 19.4. The molecule has 0 radical (unpaired) electrons. The lowest BCUT2D eigenvalue weighted by Gasteiger charge is -2.24. The molecule has 1 amide bonds. The van der Waals surface area contributed by atoms with E-state index in [0.29, 0.717) is 35.5 Å². The number of benzene rings is 3. The van der Waals surface area contributed by atoms with Crippen molar-refractivity contribution in [2.24, 2.45) is 0 Å². The van der Waals surface area contributed by atoms with Gasteiger partial charge in [-0.15, -0.1) is 0 Å². The molecule has 3 aromatic rings. The van der Waals surface area contributed by atoms with Crippen molar-refractivity contribution in [2.75, 3.05) is 31.1 Å². The Kier molecular flexibility index (Phi) is 9.78. The fraction of sp³-hybridized carbons (Fsp3) is 0.296. The molecular formula is C27H31BrN2O5S. The average molecular weight is 576 g/mol. The van der Waals surface area contributed by atoms with Crippen LogP contribution in [0.2, 0.25) is 0 Å². The van der Waals surface area contributed by atoms with Crippen molar-refractivity contribution in [3.8, 4) is 11.5 Å². The van der Waals surface area contributed by atoms with Crippen LogP contribution < -0.4 is 19.1 Å². The first-order chi connectivity index (χ1) is 17.3. The summed E-state index contributed by atoms with van der Waals surface area (Å²) in [5.74, 6) is 0.970. The Bertz CT molecular complexity index is 1280. The van der Waals surface area contributed by atoms with Gasteiger partial charge in [-0.3, -0.25) is 9.10 Å². The highest BCUT2D eigenvalue weighted by molar-refractivity contribution is 9.10. The van der Waals surface area contributed by atoms with Crippen molar-refractivity contribution in [1.29, 1.82) is 0 Å². The molecule has 0 atom stereocenters.